The quantitative estimate of drug-likeness (QED) is 0.512. The second kappa shape index (κ2) is 2.82. The molecule has 0 saturated carbocycles. The van der Waals surface area contributed by atoms with Crippen LogP contribution in [0.5, 0.6) is 0 Å². The van der Waals surface area contributed by atoms with Crippen molar-refractivity contribution in [1.82, 2.24) is 5.73 Å². The molecule has 1 rings (SSSR count). The zero-order valence-corrected chi connectivity index (χ0v) is 5.22. The van der Waals surface area contributed by atoms with Gasteiger partial charge in [0.25, 0.3) is 5.91 Å². The van der Waals surface area contributed by atoms with Gasteiger partial charge >= 0.3 is 0 Å². The maximum atomic E-state index is 10.3. The molecule has 1 atom stereocenters. The third kappa shape index (κ3) is 1.68. The Labute approximate surface area is 54.2 Å². The molecule has 0 bridgehead atoms. The van der Waals surface area contributed by atoms with Crippen LogP contribution in [0.15, 0.2) is 0 Å². The van der Waals surface area contributed by atoms with Gasteiger partial charge in [0.1, 0.15) is 6.10 Å². The van der Waals surface area contributed by atoms with Crippen molar-refractivity contribution in [3.8, 4) is 0 Å². The van der Waals surface area contributed by atoms with E-state index in [-0.39, 0.29) is 0 Å². The topological polar surface area (TPSA) is 50.1 Å². The Kier molecular flexibility index (Phi) is 2.05. The Hall–Kier alpha value is -0.570. The molecule has 1 saturated heterocycles. The first kappa shape index (κ1) is 6.55. The number of amides is 1. The lowest BCUT2D eigenvalue weighted by Gasteiger charge is -2.18. The first-order valence-electron chi connectivity index (χ1n) is 3.18. The van der Waals surface area contributed by atoms with Crippen LogP contribution in [0, 0.1) is 0 Å². The summed E-state index contributed by atoms with van der Waals surface area (Å²) < 4.78 is 5.00. The molecule has 1 heterocycles. The van der Waals surface area contributed by atoms with Crippen molar-refractivity contribution in [2.24, 2.45) is 0 Å². The van der Waals surface area contributed by atoms with Crippen molar-refractivity contribution >= 4 is 5.91 Å². The number of nitrogens with one attached hydrogen (secondary N) is 1. The van der Waals surface area contributed by atoms with Crippen molar-refractivity contribution in [3.05, 3.63) is 0 Å². The van der Waals surface area contributed by atoms with Gasteiger partial charge in [-0.15, -0.1) is 0 Å². The Bertz CT molecular complexity index is 108. The van der Waals surface area contributed by atoms with E-state index >= 15 is 0 Å². The number of carbonyl (C=O) groups is 1. The Morgan fingerprint density at radius 3 is 2.67 bits per heavy atom. The van der Waals surface area contributed by atoms with E-state index in [0.29, 0.717) is 6.61 Å². The summed E-state index contributed by atoms with van der Waals surface area (Å²) in [6.07, 6.45) is 2.38. The largest absolute Gasteiger partial charge is 0.368 e. The number of hydrogen-bond donors (Lipinski definition) is 0. The Morgan fingerprint density at radius 2 is 2.33 bits per heavy atom. The van der Waals surface area contributed by atoms with Crippen LogP contribution in [0.2, 0.25) is 0 Å². The van der Waals surface area contributed by atoms with Crippen LogP contribution in [-0.4, -0.2) is 18.6 Å². The maximum Gasteiger partial charge on any atom is 0.267 e. The minimum atomic E-state index is -0.574. The third-order valence-corrected chi connectivity index (χ3v) is 1.47. The molecular formula is C6H10NO2. The van der Waals surface area contributed by atoms with E-state index in [1.165, 1.54) is 0 Å². The molecule has 1 aliphatic rings. The lowest BCUT2D eigenvalue weighted by atomic mass is 10.1. The lowest BCUT2D eigenvalue weighted by molar-refractivity contribution is -0.132. The Morgan fingerprint density at radius 1 is 1.56 bits per heavy atom. The van der Waals surface area contributed by atoms with Crippen molar-refractivity contribution in [1.29, 1.82) is 0 Å². The van der Waals surface area contributed by atoms with Crippen molar-refractivity contribution < 1.29 is 9.53 Å². The number of carbonyl (C=O) groups excluding carboxylic acids is 1. The highest BCUT2D eigenvalue weighted by molar-refractivity contribution is 5.78. The van der Waals surface area contributed by atoms with E-state index in [1.54, 1.807) is 0 Å². The molecule has 0 aromatic heterocycles. The summed E-state index contributed by atoms with van der Waals surface area (Å²) in [6, 6.07) is 0. The van der Waals surface area contributed by atoms with Crippen LogP contribution < -0.4 is 5.73 Å². The molecule has 9 heavy (non-hydrogen) atoms. The van der Waals surface area contributed by atoms with Gasteiger partial charge in [0.2, 0.25) is 0 Å². The summed E-state index contributed by atoms with van der Waals surface area (Å²) in [5.41, 5.74) is 6.71. The van der Waals surface area contributed by atoms with E-state index in [4.69, 9.17) is 10.5 Å². The van der Waals surface area contributed by atoms with Crippen LogP contribution in [0.25, 0.3) is 0 Å². The monoisotopic (exact) mass is 128 g/mol. The Balaban J connectivity index is 2.31. The van der Waals surface area contributed by atoms with E-state index in [0.717, 1.165) is 19.3 Å². The summed E-state index contributed by atoms with van der Waals surface area (Å²) in [4.78, 5) is 10.3. The predicted octanol–water partition coefficient (Wildman–Crippen LogP) is 0.365. The molecule has 1 fully saturated rings. The van der Waals surface area contributed by atoms with Gasteiger partial charge in [-0.05, 0) is 19.3 Å². The van der Waals surface area contributed by atoms with E-state index in [2.05, 4.69) is 0 Å². The number of hydrogen-bond acceptors (Lipinski definition) is 2. The number of rotatable bonds is 1. The minimum Gasteiger partial charge on any atom is -0.368 e. The molecule has 1 N–H and O–H groups in total. The van der Waals surface area contributed by atoms with E-state index in [1.807, 2.05) is 0 Å². The summed E-state index contributed by atoms with van der Waals surface area (Å²) in [5, 5.41) is 0. The molecule has 1 amide bonds. The average Bonchev–Trinajstić information content (AvgIpc) is 1.90. The van der Waals surface area contributed by atoms with Crippen LogP contribution in [0.4, 0.5) is 0 Å². The second-order valence-corrected chi connectivity index (χ2v) is 2.22. The highest BCUT2D eigenvalue weighted by atomic mass is 16.5. The SMILES string of the molecule is [NH]C(=O)C1CCCCO1. The van der Waals surface area contributed by atoms with Crippen molar-refractivity contribution in [2.75, 3.05) is 6.61 Å². The fourth-order valence-corrected chi connectivity index (χ4v) is 0.948. The van der Waals surface area contributed by atoms with Crippen LogP contribution in [-0.2, 0) is 9.53 Å². The normalized spacial score (nSPS) is 27.8. The molecule has 1 aliphatic heterocycles. The molecule has 0 aromatic carbocycles. The molecule has 0 spiro atoms. The molecule has 51 valence electrons. The predicted molar refractivity (Wildman–Crippen MR) is 31.7 cm³/mol. The van der Waals surface area contributed by atoms with Gasteiger partial charge in [0, 0.05) is 6.61 Å². The van der Waals surface area contributed by atoms with Gasteiger partial charge in [-0.1, -0.05) is 0 Å². The second-order valence-electron chi connectivity index (χ2n) is 2.22. The zero-order chi connectivity index (χ0) is 6.69. The fraction of sp³-hybridized carbons (Fsp3) is 0.833. The minimum absolute atomic E-state index is 0.418. The highest BCUT2D eigenvalue weighted by Gasteiger charge is 2.18. The third-order valence-electron chi connectivity index (χ3n) is 1.47. The smallest absolute Gasteiger partial charge is 0.267 e. The van der Waals surface area contributed by atoms with E-state index in [9.17, 15) is 4.79 Å². The average molecular weight is 128 g/mol. The van der Waals surface area contributed by atoms with Crippen molar-refractivity contribution in [3.63, 3.8) is 0 Å². The van der Waals surface area contributed by atoms with Crippen LogP contribution in [0.3, 0.4) is 0 Å². The van der Waals surface area contributed by atoms with Gasteiger partial charge in [-0.3, -0.25) is 10.5 Å². The molecule has 3 heteroatoms. The molecule has 3 nitrogen and oxygen atoms in total. The maximum absolute atomic E-state index is 10.3. The number of ether oxygens (including phenoxy) is 1. The van der Waals surface area contributed by atoms with Crippen LogP contribution >= 0.6 is 0 Å². The highest BCUT2D eigenvalue weighted by Crippen LogP contribution is 2.11. The summed E-state index contributed by atoms with van der Waals surface area (Å²) >= 11 is 0. The van der Waals surface area contributed by atoms with E-state index < -0.39 is 12.0 Å². The first-order chi connectivity index (χ1) is 4.30. The molecule has 0 aromatic rings. The molecule has 1 radical (unpaired) electrons. The summed E-state index contributed by atoms with van der Waals surface area (Å²) in [7, 11) is 0. The van der Waals surface area contributed by atoms with Gasteiger partial charge in [0.15, 0.2) is 0 Å². The molecule has 1 unspecified atom stereocenters. The summed E-state index contributed by atoms with van der Waals surface area (Å²) in [5.74, 6) is -0.574. The standard InChI is InChI=1S/C6H10NO2/c7-6(8)5-3-1-2-4-9-5/h5,7H,1-4H2. The van der Waals surface area contributed by atoms with Crippen molar-refractivity contribution in [2.45, 2.75) is 25.4 Å². The van der Waals surface area contributed by atoms with Gasteiger partial charge in [-0.25, -0.2) is 0 Å². The molecular weight excluding hydrogens is 118 g/mol. The fourth-order valence-electron chi connectivity index (χ4n) is 0.948. The van der Waals surface area contributed by atoms with Gasteiger partial charge in [-0.2, -0.15) is 0 Å². The van der Waals surface area contributed by atoms with Gasteiger partial charge in [0.05, 0.1) is 0 Å². The lowest BCUT2D eigenvalue weighted by Crippen LogP contribution is -2.28. The first-order valence-corrected chi connectivity index (χ1v) is 3.18. The molecule has 0 aliphatic carbocycles. The summed E-state index contributed by atoms with van der Waals surface area (Å²) in [6.45, 7) is 0.648. The zero-order valence-electron chi connectivity index (χ0n) is 5.22. The van der Waals surface area contributed by atoms with Gasteiger partial charge < -0.3 is 4.74 Å². The van der Waals surface area contributed by atoms with Crippen LogP contribution in [0.1, 0.15) is 19.3 Å².